The van der Waals surface area contributed by atoms with Gasteiger partial charge in [-0.05, 0) is 26.7 Å². The standard InChI is InChI=1S/C9H13ClF3NO/c1-7(2,5-10)6(15)14-8(3-4-8)9(11,12)13/h3-5H2,1-2H3,(H,14,15). The van der Waals surface area contributed by atoms with Gasteiger partial charge in [-0.25, -0.2) is 0 Å². The monoisotopic (exact) mass is 243 g/mol. The van der Waals surface area contributed by atoms with Gasteiger partial charge in [-0.2, -0.15) is 13.2 Å². The van der Waals surface area contributed by atoms with Gasteiger partial charge < -0.3 is 5.32 Å². The summed E-state index contributed by atoms with van der Waals surface area (Å²) in [7, 11) is 0. The van der Waals surface area contributed by atoms with Crippen LogP contribution in [0, 0.1) is 5.41 Å². The Hall–Kier alpha value is -0.450. The van der Waals surface area contributed by atoms with Gasteiger partial charge in [-0.3, -0.25) is 4.79 Å². The van der Waals surface area contributed by atoms with Crippen LogP contribution in [0.3, 0.4) is 0 Å². The maximum Gasteiger partial charge on any atom is 0.411 e. The second-order valence-corrected chi connectivity index (χ2v) is 4.82. The number of hydrogen-bond donors (Lipinski definition) is 1. The second kappa shape index (κ2) is 3.54. The minimum absolute atomic E-state index is 0.00717. The van der Waals surface area contributed by atoms with Crippen molar-refractivity contribution in [1.82, 2.24) is 5.32 Å². The van der Waals surface area contributed by atoms with Gasteiger partial charge in [0.25, 0.3) is 0 Å². The van der Waals surface area contributed by atoms with Gasteiger partial charge in [-0.15, -0.1) is 11.6 Å². The first-order valence-electron chi connectivity index (χ1n) is 4.60. The number of nitrogens with one attached hydrogen (secondary N) is 1. The van der Waals surface area contributed by atoms with Crippen LogP contribution in [0.2, 0.25) is 0 Å². The van der Waals surface area contributed by atoms with Crippen molar-refractivity contribution in [2.24, 2.45) is 5.41 Å². The summed E-state index contributed by atoms with van der Waals surface area (Å²) in [5.74, 6) is -0.653. The Bertz CT molecular complexity index is 271. The van der Waals surface area contributed by atoms with E-state index in [0.29, 0.717) is 0 Å². The van der Waals surface area contributed by atoms with E-state index in [9.17, 15) is 18.0 Å². The highest BCUT2D eigenvalue weighted by atomic mass is 35.5. The number of halogens is 4. The number of hydrogen-bond acceptors (Lipinski definition) is 1. The van der Waals surface area contributed by atoms with Gasteiger partial charge in [0.1, 0.15) is 5.54 Å². The molecule has 0 aromatic carbocycles. The van der Waals surface area contributed by atoms with Crippen LogP contribution in [0.5, 0.6) is 0 Å². The Morgan fingerprint density at radius 3 is 2.13 bits per heavy atom. The molecule has 1 fully saturated rings. The molecule has 2 nitrogen and oxygen atoms in total. The van der Waals surface area contributed by atoms with Gasteiger partial charge in [-0.1, -0.05) is 0 Å². The summed E-state index contributed by atoms with van der Waals surface area (Å²) < 4.78 is 37.5. The fourth-order valence-corrected chi connectivity index (χ4v) is 1.17. The van der Waals surface area contributed by atoms with E-state index in [1.54, 1.807) is 0 Å². The summed E-state index contributed by atoms with van der Waals surface area (Å²) in [5.41, 5.74) is -2.96. The molecule has 1 amide bonds. The number of amides is 1. The van der Waals surface area contributed by atoms with E-state index in [1.165, 1.54) is 13.8 Å². The fourth-order valence-electron chi connectivity index (χ4n) is 1.05. The van der Waals surface area contributed by atoms with Crippen molar-refractivity contribution in [3.05, 3.63) is 0 Å². The van der Waals surface area contributed by atoms with Crippen molar-refractivity contribution >= 4 is 17.5 Å². The van der Waals surface area contributed by atoms with E-state index >= 15 is 0 Å². The minimum Gasteiger partial charge on any atom is -0.341 e. The Labute approximate surface area is 91.2 Å². The third kappa shape index (κ3) is 2.38. The van der Waals surface area contributed by atoms with Crippen molar-refractivity contribution in [1.29, 1.82) is 0 Å². The summed E-state index contributed by atoms with van der Waals surface area (Å²) >= 11 is 5.51. The van der Waals surface area contributed by atoms with Gasteiger partial charge in [0.2, 0.25) is 5.91 Å². The van der Waals surface area contributed by atoms with Crippen LogP contribution in [-0.2, 0) is 4.79 Å². The summed E-state index contributed by atoms with van der Waals surface area (Å²) in [6.45, 7) is 3.03. The highest BCUT2D eigenvalue weighted by Gasteiger charge is 2.64. The molecule has 0 atom stereocenters. The van der Waals surface area contributed by atoms with E-state index in [0.717, 1.165) is 0 Å². The van der Waals surface area contributed by atoms with Crippen molar-refractivity contribution in [3.63, 3.8) is 0 Å². The van der Waals surface area contributed by atoms with Crippen LogP contribution < -0.4 is 5.32 Å². The molecule has 0 aromatic rings. The zero-order valence-electron chi connectivity index (χ0n) is 8.54. The predicted octanol–water partition coefficient (Wildman–Crippen LogP) is 2.46. The second-order valence-electron chi connectivity index (χ2n) is 4.55. The SMILES string of the molecule is CC(C)(CCl)C(=O)NC1(C(F)(F)F)CC1. The summed E-state index contributed by atoms with van der Waals surface area (Å²) in [4.78, 5) is 11.5. The lowest BCUT2D eigenvalue weighted by molar-refractivity contribution is -0.172. The summed E-state index contributed by atoms with van der Waals surface area (Å²) in [6.07, 6.45) is -4.45. The third-order valence-electron chi connectivity index (χ3n) is 2.59. The van der Waals surface area contributed by atoms with E-state index in [4.69, 9.17) is 11.6 Å². The Balaban J connectivity index is 2.68. The van der Waals surface area contributed by atoms with E-state index in [2.05, 4.69) is 5.32 Å². The highest BCUT2D eigenvalue weighted by Crippen LogP contribution is 2.49. The predicted molar refractivity (Wildman–Crippen MR) is 50.7 cm³/mol. The van der Waals surface area contributed by atoms with E-state index in [1.807, 2.05) is 0 Å². The molecule has 0 heterocycles. The highest BCUT2D eigenvalue weighted by molar-refractivity contribution is 6.19. The number of rotatable bonds is 3. The van der Waals surface area contributed by atoms with E-state index < -0.39 is 23.0 Å². The van der Waals surface area contributed by atoms with Crippen molar-refractivity contribution in [3.8, 4) is 0 Å². The molecule has 0 saturated heterocycles. The van der Waals surface area contributed by atoms with Crippen LogP contribution in [0.15, 0.2) is 0 Å². The lowest BCUT2D eigenvalue weighted by Gasteiger charge is -2.26. The lowest BCUT2D eigenvalue weighted by atomic mass is 9.94. The maximum atomic E-state index is 12.5. The molecule has 1 aliphatic rings. The lowest BCUT2D eigenvalue weighted by Crippen LogP contribution is -2.52. The first kappa shape index (κ1) is 12.6. The molecule has 0 bridgehead atoms. The molecule has 15 heavy (non-hydrogen) atoms. The van der Waals surface area contributed by atoms with Gasteiger partial charge in [0.05, 0.1) is 5.41 Å². The van der Waals surface area contributed by atoms with Crippen LogP contribution >= 0.6 is 11.6 Å². The van der Waals surface area contributed by atoms with Crippen LogP contribution in [0.1, 0.15) is 26.7 Å². The molecular formula is C9H13ClF3NO. The van der Waals surface area contributed by atoms with Gasteiger partial charge >= 0.3 is 6.18 Å². The first-order valence-corrected chi connectivity index (χ1v) is 5.13. The maximum absolute atomic E-state index is 12.5. The minimum atomic E-state index is -4.37. The first-order chi connectivity index (χ1) is 6.65. The molecule has 1 N–H and O–H groups in total. The molecule has 0 aliphatic heterocycles. The fraction of sp³-hybridized carbons (Fsp3) is 0.889. The van der Waals surface area contributed by atoms with Crippen molar-refractivity contribution < 1.29 is 18.0 Å². The van der Waals surface area contributed by atoms with E-state index in [-0.39, 0.29) is 18.7 Å². The Kier molecular flexibility index (Phi) is 2.98. The quantitative estimate of drug-likeness (QED) is 0.758. The third-order valence-corrected chi connectivity index (χ3v) is 3.26. The Morgan fingerprint density at radius 2 is 1.87 bits per heavy atom. The molecule has 1 aliphatic carbocycles. The van der Waals surface area contributed by atoms with Crippen LogP contribution in [0.25, 0.3) is 0 Å². The summed E-state index contributed by atoms with van der Waals surface area (Å²) in [5, 5.41) is 2.05. The molecule has 0 aromatic heterocycles. The molecule has 88 valence electrons. The van der Waals surface area contributed by atoms with Gasteiger partial charge in [0.15, 0.2) is 0 Å². The molecule has 1 rings (SSSR count). The zero-order chi connectivity index (χ0) is 11.9. The number of carbonyl (C=O) groups is 1. The smallest absolute Gasteiger partial charge is 0.341 e. The normalized spacial score (nSPS) is 19.9. The van der Waals surface area contributed by atoms with Crippen LogP contribution in [-0.4, -0.2) is 23.5 Å². The van der Waals surface area contributed by atoms with Crippen molar-refractivity contribution in [2.45, 2.75) is 38.4 Å². The number of alkyl halides is 4. The largest absolute Gasteiger partial charge is 0.411 e. The zero-order valence-corrected chi connectivity index (χ0v) is 9.30. The average molecular weight is 244 g/mol. The van der Waals surface area contributed by atoms with Crippen molar-refractivity contribution in [2.75, 3.05) is 5.88 Å². The average Bonchev–Trinajstić information content (AvgIpc) is 2.84. The molecule has 0 spiro atoms. The topological polar surface area (TPSA) is 29.1 Å². The van der Waals surface area contributed by atoms with Gasteiger partial charge in [0, 0.05) is 5.88 Å². The molecule has 6 heteroatoms. The summed E-state index contributed by atoms with van der Waals surface area (Å²) in [6, 6.07) is 0. The molecule has 0 unspecified atom stereocenters. The molecule has 0 radical (unpaired) electrons. The molecule has 1 saturated carbocycles. The molecular weight excluding hydrogens is 231 g/mol. The Morgan fingerprint density at radius 1 is 1.40 bits per heavy atom. The van der Waals surface area contributed by atoms with Crippen LogP contribution in [0.4, 0.5) is 13.2 Å². The number of carbonyl (C=O) groups excluding carboxylic acids is 1.